The number of nitrogens with zero attached hydrogens (tertiary/aromatic N) is 3. The minimum atomic E-state index is -4.48. The van der Waals surface area contributed by atoms with Gasteiger partial charge in [0.25, 0.3) is 0 Å². The number of hydrogen-bond acceptors (Lipinski definition) is 6. The molecule has 3 rings (SSSR count). The third-order valence-corrected chi connectivity index (χ3v) is 4.70. The number of anilines is 1. The average molecular weight is 445 g/mol. The number of fused-ring (bicyclic) bond motifs is 1. The molecule has 3 N–H and O–H groups in total. The molecule has 0 aliphatic carbocycles. The van der Waals surface area contributed by atoms with Crippen molar-refractivity contribution in [1.29, 1.82) is 0 Å². The number of hydrogen-bond donors (Lipinski definition) is 3. The van der Waals surface area contributed by atoms with E-state index in [4.69, 9.17) is 11.6 Å². The number of carbonyl (C=O) groups excluding carboxylic acids is 1. The minimum absolute atomic E-state index is 0.260. The van der Waals surface area contributed by atoms with Gasteiger partial charge in [0.05, 0.1) is 5.02 Å². The highest BCUT2D eigenvalue weighted by atomic mass is 35.5. The van der Waals surface area contributed by atoms with E-state index in [0.717, 1.165) is 5.39 Å². The van der Waals surface area contributed by atoms with Crippen molar-refractivity contribution in [2.24, 2.45) is 0 Å². The lowest BCUT2D eigenvalue weighted by Crippen LogP contribution is -2.44. The molecule has 0 unspecified atom stereocenters. The van der Waals surface area contributed by atoms with Crippen LogP contribution in [-0.2, 0) is 4.79 Å². The summed E-state index contributed by atoms with van der Waals surface area (Å²) in [5.74, 6) is 0.153. The number of thioether (sulfide) groups is 1. The summed E-state index contributed by atoms with van der Waals surface area (Å²) in [6.45, 7) is -1.39. The van der Waals surface area contributed by atoms with Crippen LogP contribution in [0, 0.1) is 0 Å². The van der Waals surface area contributed by atoms with Gasteiger partial charge in [-0.2, -0.15) is 24.9 Å². The zero-order chi connectivity index (χ0) is 21.0. The average Bonchev–Trinajstić information content (AvgIpc) is 3.08. The Kier molecular flexibility index (Phi) is 6.48. The van der Waals surface area contributed by atoms with Crippen LogP contribution in [0.15, 0.2) is 30.7 Å². The van der Waals surface area contributed by atoms with Gasteiger partial charge in [0.15, 0.2) is 5.82 Å². The fourth-order valence-corrected chi connectivity index (χ4v) is 3.30. The zero-order valence-electron chi connectivity index (χ0n) is 15.0. The Labute approximate surface area is 172 Å². The molecule has 0 saturated heterocycles. The summed E-state index contributed by atoms with van der Waals surface area (Å²) in [6, 6.07) is 2.36. The summed E-state index contributed by atoms with van der Waals surface area (Å²) in [7, 11) is 0. The molecule has 0 aromatic carbocycles. The van der Waals surface area contributed by atoms with Gasteiger partial charge >= 0.3 is 6.18 Å². The molecule has 3 aromatic heterocycles. The highest BCUT2D eigenvalue weighted by Crippen LogP contribution is 2.27. The van der Waals surface area contributed by atoms with Crippen molar-refractivity contribution in [2.75, 3.05) is 23.9 Å². The maximum Gasteiger partial charge on any atom is 0.405 e. The lowest BCUT2D eigenvalue weighted by molar-refractivity contribution is -0.138. The van der Waals surface area contributed by atoms with E-state index in [1.165, 1.54) is 30.2 Å². The van der Waals surface area contributed by atoms with Gasteiger partial charge in [-0.1, -0.05) is 11.6 Å². The summed E-state index contributed by atoms with van der Waals surface area (Å²) < 4.78 is 37.1. The molecule has 1 atom stereocenters. The van der Waals surface area contributed by atoms with E-state index in [1.54, 1.807) is 18.5 Å². The SMILES string of the molecule is CSC[C@H](Nc1ccnc(-c2c[nH]c3ncc(Cl)cc23)n1)C(=O)NCC(F)(F)F. The predicted octanol–water partition coefficient (Wildman–Crippen LogP) is 3.50. The fraction of sp³-hybridized carbons (Fsp3) is 0.294. The highest BCUT2D eigenvalue weighted by Gasteiger charge is 2.29. The minimum Gasteiger partial charge on any atom is -0.358 e. The van der Waals surface area contributed by atoms with Crippen LogP contribution in [0.25, 0.3) is 22.4 Å². The molecule has 29 heavy (non-hydrogen) atoms. The lowest BCUT2D eigenvalue weighted by Gasteiger charge is -2.19. The Bertz CT molecular complexity index is 1010. The number of pyridine rings is 1. The monoisotopic (exact) mass is 444 g/mol. The molecule has 0 aliphatic rings. The molecule has 0 spiro atoms. The molecule has 154 valence electrons. The van der Waals surface area contributed by atoms with Gasteiger partial charge in [-0.25, -0.2) is 15.0 Å². The second kappa shape index (κ2) is 8.87. The molecular formula is C17H16ClF3N6OS. The molecule has 3 heterocycles. The second-order valence-electron chi connectivity index (χ2n) is 6.00. The van der Waals surface area contributed by atoms with Gasteiger partial charge in [-0.15, -0.1) is 0 Å². The van der Waals surface area contributed by atoms with E-state index in [9.17, 15) is 18.0 Å². The molecule has 12 heteroatoms. The molecular weight excluding hydrogens is 429 g/mol. The van der Waals surface area contributed by atoms with Crippen molar-refractivity contribution < 1.29 is 18.0 Å². The van der Waals surface area contributed by atoms with Gasteiger partial charge < -0.3 is 15.6 Å². The van der Waals surface area contributed by atoms with Crippen LogP contribution >= 0.6 is 23.4 Å². The number of aromatic nitrogens is 4. The van der Waals surface area contributed by atoms with Gasteiger partial charge in [-0.3, -0.25) is 4.79 Å². The largest absolute Gasteiger partial charge is 0.405 e. The zero-order valence-corrected chi connectivity index (χ0v) is 16.6. The second-order valence-corrected chi connectivity index (χ2v) is 7.35. The van der Waals surface area contributed by atoms with Crippen molar-refractivity contribution in [3.05, 3.63) is 35.7 Å². The molecule has 0 fully saturated rings. The van der Waals surface area contributed by atoms with Gasteiger partial charge in [-0.05, 0) is 18.4 Å². The standard InChI is InChI=1S/C17H16ClF3N6OS/c1-29-7-12(16(28)25-8-17(19,20)21)26-13-2-3-22-15(27-13)11-6-24-14-10(11)4-9(18)5-23-14/h2-6,12H,7-8H2,1H3,(H,23,24)(H,25,28)(H,22,26,27)/t12-/m0/s1. The van der Waals surface area contributed by atoms with Gasteiger partial charge in [0.2, 0.25) is 5.91 Å². The van der Waals surface area contributed by atoms with Crippen LogP contribution in [0.4, 0.5) is 19.0 Å². The molecule has 0 aliphatic heterocycles. The van der Waals surface area contributed by atoms with E-state index in [1.807, 2.05) is 5.32 Å². The number of carbonyl (C=O) groups is 1. The fourth-order valence-electron chi connectivity index (χ4n) is 2.57. The third-order valence-electron chi connectivity index (χ3n) is 3.83. The quantitative estimate of drug-likeness (QED) is 0.516. The Morgan fingerprint density at radius 2 is 2.17 bits per heavy atom. The molecule has 0 radical (unpaired) electrons. The number of alkyl halides is 3. The van der Waals surface area contributed by atoms with Gasteiger partial charge in [0.1, 0.15) is 24.1 Å². The maximum atomic E-state index is 12.4. The van der Waals surface area contributed by atoms with Crippen LogP contribution in [0.2, 0.25) is 5.02 Å². The van der Waals surface area contributed by atoms with E-state index in [-0.39, 0.29) is 5.75 Å². The maximum absolute atomic E-state index is 12.4. The summed E-state index contributed by atoms with van der Waals surface area (Å²) in [5.41, 5.74) is 1.26. The number of aromatic amines is 1. The first-order chi connectivity index (χ1) is 13.8. The van der Waals surface area contributed by atoms with Crippen molar-refractivity contribution in [3.8, 4) is 11.4 Å². The highest BCUT2D eigenvalue weighted by molar-refractivity contribution is 7.98. The Morgan fingerprint density at radius 3 is 2.90 bits per heavy atom. The number of rotatable bonds is 7. The van der Waals surface area contributed by atoms with Crippen LogP contribution in [-0.4, -0.2) is 56.6 Å². The first-order valence-corrected chi connectivity index (χ1v) is 10.1. The molecule has 3 aromatic rings. The number of amides is 1. The van der Waals surface area contributed by atoms with Crippen LogP contribution in [0.3, 0.4) is 0 Å². The molecule has 0 bridgehead atoms. The van der Waals surface area contributed by atoms with Crippen LogP contribution < -0.4 is 10.6 Å². The van der Waals surface area contributed by atoms with Crippen LogP contribution in [0.1, 0.15) is 0 Å². The number of nitrogens with one attached hydrogen (secondary N) is 3. The molecule has 0 saturated carbocycles. The van der Waals surface area contributed by atoms with Crippen molar-refractivity contribution in [2.45, 2.75) is 12.2 Å². The van der Waals surface area contributed by atoms with Gasteiger partial charge in [0, 0.05) is 35.3 Å². The Hall–Kier alpha value is -2.53. The summed E-state index contributed by atoms with van der Waals surface area (Å²) in [6.07, 6.45) is 1.95. The molecule has 1 amide bonds. The van der Waals surface area contributed by atoms with Crippen molar-refractivity contribution in [1.82, 2.24) is 25.3 Å². The summed E-state index contributed by atoms with van der Waals surface area (Å²) >= 11 is 7.33. The number of H-pyrrole nitrogens is 1. The third kappa shape index (κ3) is 5.51. The first kappa shape index (κ1) is 21.2. The lowest BCUT2D eigenvalue weighted by atomic mass is 10.2. The molecule has 7 nitrogen and oxygen atoms in total. The summed E-state index contributed by atoms with van der Waals surface area (Å²) in [5, 5.41) is 5.94. The number of halogens is 4. The Balaban J connectivity index is 1.82. The van der Waals surface area contributed by atoms with Crippen LogP contribution in [0.5, 0.6) is 0 Å². The van der Waals surface area contributed by atoms with Crippen molar-refractivity contribution >= 4 is 46.1 Å². The normalized spacial score (nSPS) is 12.7. The Morgan fingerprint density at radius 1 is 1.38 bits per heavy atom. The smallest absolute Gasteiger partial charge is 0.358 e. The summed E-state index contributed by atoms with van der Waals surface area (Å²) in [4.78, 5) is 27.9. The van der Waals surface area contributed by atoms with Crippen molar-refractivity contribution in [3.63, 3.8) is 0 Å². The van der Waals surface area contributed by atoms with E-state index < -0.39 is 24.7 Å². The van der Waals surface area contributed by atoms with E-state index in [0.29, 0.717) is 27.9 Å². The van der Waals surface area contributed by atoms with E-state index >= 15 is 0 Å². The first-order valence-electron chi connectivity index (χ1n) is 8.33. The predicted molar refractivity (Wildman–Crippen MR) is 107 cm³/mol. The van der Waals surface area contributed by atoms with E-state index in [2.05, 4.69) is 25.3 Å². The topological polar surface area (TPSA) is 95.6 Å².